The molecule has 0 bridgehead atoms. The number of carbonyl (C=O) groups excluding carboxylic acids is 1. The molecule has 1 fully saturated rings. The summed E-state index contributed by atoms with van der Waals surface area (Å²) in [4.78, 5) is 12.3. The Morgan fingerprint density at radius 2 is 1.96 bits per heavy atom. The van der Waals surface area contributed by atoms with Gasteiger partial charge in [-0.15, -0.1) is 0 Å². The first-order valence-electron chi connectivity index (χ1n) is 8.34. The minimum Gasteiger partial charge on any atom is -0.497 e. The topological polar surface area (TPSA) is 60.7 Å². The number of furan rings is 1. The largest absolute Gasteiger partial charge is 0.497 e. The van der Waals surface area contributed by atoms with Crippen LogP contribution in [0, 0.1) is 0 Å². The monoisotopic (exact) mass is 329 g/mol. The summed E-state index contributed by atoms with van der Waals surface area (Å²) in [5.41, 5.74) is 1.85. The molecule has 0 saturated heterocycles. The maximum Gasteiger partial charge on any atom is 0.260 e. The van der Waals surface area contributed by atoms with Crippen molar-refractivity contribution < 1.29 is 18.7 Å². The minimum absolute atomic E-state index is 0.0745. The van der Waals surface area contributed by atoms with Crippen LogP contribution in [-0.4, -0.2) is 25.2 Å². The van der Waals surface area contributed by atoms with Gasteiger partial charge in [0.2, 0.25) is 0 Å². The van der Waals surface area contributed by atoms with Crippen LogP contribution in [0.15, 0.2) is 41.2 Å². The first-order valence-corrected chi connectivity index (χ1v) is 8.34. The molecule has 5 heteroatoms. The Balaban J connectivity index is 1.71. The fourth-order valence-corrected chi connectivity index (χ4v) is 3.00. The van der Waals surface area contributed by atoms with Gasteiger partial charge in [0.25, 0.3) is 5.91 Å². The molecule has 5 nitrogen and oxygen atoms in total. The number of rotatable bonds is 6. The second-order valence-electron chi connectivity index (χ2n) is 6.16. The molecular formula is C19H23NO4. The molecule has 1 amide bonds. The lowest BCUT2D eigenvalue weighted by molar-refractivity contribution is -0.127. The summed E-state index contributed by atoms with van der Waals surface area (Å²) in [6, 6.07) is 7.72. The van der Waals surface area contributed by atoms with Crippen LogP contribution in [0.4, 0.5) is 0 Å². The van der Waals surface area contributed by atoms with E-state index in [4.69, 9.17) is 13.9 Å². The second kappa shape index (κ2) is 7.43. The van der Waals surface area contributed by atoms with Gasteiger partial charge in [0.15, 0.2) is 6.10 Å². The van der Waals surface area contributed by atoms with E-state index >= 15 is 0 Å². The predicted octanol–water partition coefficient (Wildman–Crippen LogP) is 3.78. The highest BCUT2D eigenvalue weighted by Crippen LogP contribution is 2.30. The molecule has 1 aromatic carbocycles. The van der Waals surface area contributed by atoms with Crippen molar-refractivity contribution in [1.29, 1.82) is 0 Å². The molecule has 0 spiro atoms. The maximum atomic E-state index is 12.3. The van der Waals surface area contributed by atoms with E-state index in [0.29, 0.717) is 11.5 Å². The van der Waals surface area contributed by atoms with E-state index in [-0.39, 0.29) is 11.9 Å². The van der Waals surface area contributed by atoms with Crippen molar-refractivity contribution in [2.45, 2.75) is 44.8 Å². The van der Waals surface area contributed by atoms with Crippen LogP contribution in [-0.2, 0) is 4.79 Å². The summed E-state index contributed by atoms with van der Waals surface area (Å²) >= 11 is 0. The van der Waals surface area contributed by atoms with Gasteiger partial charge in [0.05, 0.1) is 19.6 Å². The Morgan fingerprint density at radius 1 is 1.21 bits per heavy atom. The number of hydrogen-bond donors (Lipinski definition) is 1. The Labute approximate surface area is 141 Å². The zero-order valence-electron chi connectivity index (χ0n) is 14.1. The van der Waals surface area contributed by atoms with Crippen LogP contribution in [0.2, 0.25) is 0 Å². The molecule has 1 unspecified atom stereocenters. The molecule has 128 valence electrons. The number of nitrogens with one attached hydrogen (secondary N) is 1. The zero-order chi connectivity index (χ0) is 16.9. The fourth-order valence-electron chi connectivity index (χ4n) is 3.00. The van der Waals surface area contributed by atoms with E-state index in [1.165, 1.54) is 12.8 Å². The molecule has 3 rings (SSSR count). The molecule has 1 aliphatic carbocycles. The third-order valence-corrected chi connectivity index (χ3v) is 4.35. The lowest BCUT2D eigenvalue weighted by atomic mass is 10.1. The first kappa shape index (κ1) is 16.4. The van der Waals surface area contributed by atoms with E-state index in [0.717, 1.165) is 24.0 Å². The molecule has 1 N–H and O–H groups in total. The number of benzene rings is 1. The summed E-state index contributed by atoms with van der Waals surface area (Å²) in [5.74, 6) is 1.20. The van der Waals surface area contributed by atoms with E-state index in [1.54, 1.807) is 32.6 Å². The van der Waals surface area contributed by atoms with Crippen molar-refractivity contribution in [2.24, 2.45) is 0 Å². The average molecular weight is 329 g/mol. The minimum atomic E-state index is -0.560. The van der Waals surface area contributed by atoms with Crippen LogP contribution >= 0.6 is 0 Å². The number of hydrogen-bond acceptors (Lipinski definition) is 4. The molecule has 1 heterocycles. The molecular weight excluding hydrogens is 306 g/mol. The summed E-state index contributed by atoms with van der Waals surface area (Å²) in [5, 5.41) is 3.06. The van der Waals surface area contributed by atoms with Gasteiger partial charge in [0.1, 0.15) is 11.5 Å². The van der Waals surface area contributed by atoms with Gasteiger partial charge in [0, 0.05) is 17.7 Å². The zero-order valence-corrected chi connectivity index (χ0v) is 14.1. The van der Waals surface area contributed by atoms with Gasteiger partial charge in [-0.3, -0.25) is 4.79 Å². The Kier molecular flexibility index (Phi) is 5.08. The molecule has 1 aliphatic rings. The number of carbonyl (C=O) groups is 1. The van der Waals surface area contributed by atoms with Crippen LogP contribution in [0.3, 0.4) is 0 Å². The first-order chi connectivity index (χ1) is 11.7. The van der Waals surface area contributed by atoms with Gasteiger partial charge >= 0.3 is 0 Å². The lowest BCUT2D eigenvalue weighted by Crippen LogP contribution is -2.41. The molecule has 1 saturated carbocycles. The van der Waals surface area contributed by atoms with Crippen molar-refractivity contribution in [3.05, 3.63) is 36.8 Å². The van der Waals surface area contributed by atoms with E-state index in [1.807, 2.05) is 18.2 Å². The maximum absolute atomic E-state index is 12.3. The van der Waals surface area contributed by atoms with Crippen molar-refractivity contribution in [3.8, 4) is 22.6 Å². The van der Waals surface area contributed by atoms with Crippen molar-refractivity contribution in [1.82, 2.24) is 5.32 Å². The van der Waals surface area contributed by atoms with Gasteiger partial charge < -0.3 is 19.2 Å². The van der Waals surface area contributed by atoms with Gasteiger partial charge in [-0.2, -0.15) is 0 Å². The van der Waals surface area contributed by atoms with Crippen LogP contribution in [0.25, 0.3) is 11.1 Å². The van der Waals surface area contributed by atoms with Crippen LogP contribution < -0.4 is 14.8 Å². The van der Waals surface area contributed by atoms with E-state index in [2.05, 4.69) is 5.32 Å². The van der Waals surface area contributed by atoms with E-state index < -0.39 is 6.10 Å². The Morgan fingerprint density at radius 3 is 2.62 bits per heavy atom. The molecule has 2 aromatic rings. The second-order valence-corrected chi connectivity index (χ2v) is 6.16. The lowest BCUT2D eigenvalue weighted by Gasteiger charge is -2.18. The summed E-state index contributed by atoms with van der Waals surface area (Å²) in [7, 11) is 1.61. The Hall–Kier alpha value is -2.43. The number of ether oxygens (including phenoxy) is 2. The summed E-state index contributed by atoms with van der Waals surface area (Å²) < 4.78 is 16.3. The average Bonchev–Trinajstić information content (AvgIpc) is 3.28. The van der Waals surface area contributed by atoms with Crippen molar-refractivity contribution in [3.63, 3.8) is 0 Å². The smallest absolute Gasteiger partial charge is 0.260 e. The third-order valence-electron chi connectivity index (χ3n) is 4.35. The summed E-state index contributed by atoms with van der Waals surface area (Å²) in [6.07, 6.45) is 7.20. The summed E-state index contributed by atoms with van der Waals surface area (Å²) in [6.45, 7) is 1.77. The Bertz CT molecular complexity index is 675. The molecule has 0 radical (unpaired) electrons. The SMILES string of the molecule is COc1cc(OC(C)C(=O)NC2CCCC2)cc(-c2ccoc2)c1. The third kappa shape index (κ3) is 3.91. The van der Waals surface area contributed by atoms with Gasteiger partial charge in [-0.05, 0) is 43.5 Å². The standard InChI is InChI=1S/C19H23NO4/c1-13(19(21)20-16-5-3-4-6-16)24-18-10-15(9-17(11-18)22-2)14-7-8-23-12-14/h7-13,16H,3-6H2,1-2H3,(H,20,21). The number of amides is 1. The van der Waals surface area contributed by atoms with Crippen molar-refractivity contribution >= 4 is 5.91 Å². The normalized spacial score (nSPS) is 15.9. The highest BCUT2D eigenvalue weighted by molar-refractivity contribution is 5.81. The molecule has 24 heavy (non-hydrogen) atoms. The number of methoxy groups -OCH3 is 1. The molecule has 1 aromatic heterocycles. The van der Waals surface area contributed by atoms with Crippen LogP contribution in [0.1, 0.15) is 32.6 Å². The molecule has 1 atom stereocenters. The van der Waals surface area contributed by atoms with Gasteiger partial charge in [-0.1, -0.05) is 12.8 Å². The van der Waals surface area contributed by atoms with Crippen LogP contribution in [0.5, 0.6) is 11.5 Å². The highest BCUT2D eigenvalue weighted by Gasteiger charge is 2.22. The van der Waals surface area contributed by atoms with E-state index in [9.17, 15) is 4.79 Å². The van der Waals surface area contributed by atoms with Gasteiger partial charge in [-0.25, -0.2) is 0 Å². The van der Waals surface area contributed by atoms with Crippen molar-refractivity contribution in [2.75, 3.05) is 7.11 Å². The fraction of sp³-hybridized carbons (Fsp3) is 0.421. The quantitative estimate of drug-likeness (QED) is 0.876. The highest BCUT2D eigenvalue weighted by atomic mass is 16.5. The predicted molar refractivity (Wildman–Crippen MR) is 91.2 cm³/mol. The molecule has 0 aliphatic heterocycles.